The van der Waals surface area contributed by atoms with Gasteiger partial charge < -0.3 is 4.74 Å². The zero-order valence-corrected chi connectivity index (χ0v) is 12.2. The monoisotopic (exact) mass is 293 g/mol. The van der Waals surface area contributed by atoms with E-state index < -0.39 is 9.84 Å². The van der Waals surface area contributed by atoms with E-state index in [1.807, 2.05) is 18.2 Å². The maximum atomic E-state index is 12.3. The van der Waals surface area contributed by atoms with Gasteiger partial charge in [-0.25, -0.2) is 8.42 Å². The predicted octanol–water partition coefficient (Wildman–Crippen LogP) is 1.97. The quantitative estimate of drug-likeness (QED) is 0.836. The van der Waals surface area contributed by atoms with Gasteiger partial charge in [0.15, 0.2) is 9.84 Å². The smallest absolute Gasteiger partial charge is 0.179 e. The molecule has 108 valence electrons. The SMILES string of the molecule is O=S1(=O)CCN(C[C@@H]2CCC=CO2)Cc2ccccc21. The minimum atomic E-state index is -3.15. The Bertz CT molecular complexity index is 609. The molecule has 2 aliphatic rings. The van der Waals surface area contributed by atoms with E-state index in [-0.39, 0.29) is 11.9 Å². The van der Waals surface area contributed by atoms with Gasteiger partial charge in [0, 0.05) is 19.6 Å². The van der Waals surface area contributed by atoms with Gasteiger partial charge in [-0.05, 0) is 30.5 Å². The summed E-state index contributed by atoms with van der Waals surface area (Å²) in [5.74, 6) is 0.187. The van der Waals surface area contributed by atoms with Crippen LogP contribution in [0.5, 0.6) is 0 Å². The van der Waals surface area contributed by atoms with Gasteiger partial charge in [0.05, 0.1) is 16.9 Å². The highest BCUT2D eigenvalue weighted by molar-refractivity contribution is 7.91. The summed E-state index contributed by atoms with van der Waals surface area (Å²) in [5.41, 5.74) is 0.899. The molecule has 0 N–H and O–H groups in total. The van der Waals surface area contributed by atoms with E-state index in [9.17, 15) is 8.42 Å². The van der Waals surface area contributed by atoms with Crippen molar-refractivity contribution in [2.75, 3.05) is 18.8 Å². The average molecular weight is 293 g/mol. The van der Waals surface area contributed by atoms with Crippen molar-refractivity contribution in [2.24, 2.45) is 0 Å². The zero-order chi connectivity index (χ0) is 14.0. The van der Waals surface area contributed by atoms with Crippen molar-refractivity contribution >= 4 is 9.84 Å². The number of hydrogen-bond donors (Lipinski definition) is 0. The second-order valence-corrected chi connectivity index (χ2v) is 7.45. The molecule has 4 nitrogen and oxygen atoms in total. The van der Waals surface area contributed by atoms with E-state index in [1.165, 1.54) is 0 Å². The fourth-order valence-corrected chi connectivity index (χ4v) is 4.32. The lowest BCUT2D eigenvalue weighted by Gasteiger charge is -2.27. The topological polar surface area (TPSA) is 46.6 Å². The highest BCUT2D eigenvalue weighted by atomic mass is 32.2. The highest BCUT2D eigenvalue weighted by Crippen LogP contribution is 2.23. The molecule has 1 atom stereocenters. The molecule has 0 bridgehead atoms. The molecule has 0 aromatic heterocycles. The molecule has 1 aromatic carbocycles. The molecule has 0 saturated carbocycles. The molecule has 20 heavy (non-hydrogen) atoms. The van der Waals surface area contributed by atoms with E-state index in [1.54, 1.807) is 18.4 Å². The summed E-state index contributed by atoms with van der Waals surface area (Å²) in [7, 11) is -3.15. The van der Waals surface area contributed by atoms with Crippen LogP contribution < -0.4 is 0 Å². The Hall–Kier alpha value is -1.33. The Morgan fingerprint density at radius 1 is 1.30 bits per heavy atom. The first kappa shape index (κ1) is 13.6. The van der Waals surface area contributed by atoms with Crippen LogP contribution in [-0.2, 0) is 21.1 Å². The Kier molecular flexibility index (Phi) is 3.81. The number of hydrogen-bond acceptors (Lipinski definition) is 4. The lowest BCUT2D eigenvalue weighted by Crippen LogP contribution is -2.35. The summed E-state index contributed by atoms with van der Waals surface area (Å²) in [6.07, 6.45) is 6.00. The molecule has 0 spiro atoms. The standard InChI is InChI=1S/C15H19NO3S/c17-20(18)10-8-16(12-14-6-3-4-9-19-14)11-13-5-1-2-7-15(13)20/h1-2,4-5,7,9,14H,3,6,8,10-12H2/t14-/m0/s1. The first-order valence-corrected chi connectivity index (χ1v) is 8.64. The van der Waals surface area contributed by atoms with Crippen molar-refractivity contribution in [1.29, 1.82) is 0 Å². The molecule has 2 aliphatic heterocycles. The summed E-state index contributed by atoms with van der Waals surface area (Å²) in [5, 5.41) is 0. The van der Waals surface area contributed by atoms with Crippen LogP contribution in [0.1, 0.15) is 18.4 Å². The fourth-order valence-electron chi connectivity index (χ4n) is 2.78. The van der Waals surface area contributed by atoms with Crippen LogP contribution in [0.3, 0.4) is 0 Å². The summed E-state index contributed by atoms with van der Waals surface area (Å²) in [6.45, 7) is 2.04. The average Bonchev–Trinajstić information content (AvgIpc) is 2.58. The first-order chi connectivity index (χ1) is 9.65. The number of sulfone groups is 1. The number of benzene rings is 1. The van der Waals surface area contributed by atoms with Crippen molar-refractivity contribution < 1.29 is 13.2 Å². The predicted molar refractivity (Wildman–Crippen MR) is 77.0 cm³/mol. The van der Waals surface area contributed by atoms with Crippen LogP contribution in [0.2, 0.25) is 0 Å². The lowest BCUT2D eigenvalue weighted by atomic mass is 10.1. The fraction of sp³-hybridized carbons (Fsp3) is 0.467. The van der Waals surface area contributed by atoms with E-state index in [2.05, 4.69) is 4.90 Å². The number of allylic oxidation sites excluding steroid dienone is 1. The number of ether oxygens (including phenoxy) is 1. The van der Waals surface area contributed by atoms with Crippen molar-refractivity contribution in [3.05, 3.63) is 42.2 Å². The number of fused-ring (bicyclic) bond motifs is 1. The Labute approximate surface area is 120 Å². The Morgan fingerprint density at radius 2 is 2.15 bits per heavy atom. The van der Waals surface area contributed by atoms with Gasteiger partial charge in [0.25, 0.3) is 0 Å². The molecule has 0 aliphatic carbocycles. The number of rotatable bonds is 2. The van der Waals surface area contributed by atoms with E-state index in [0.717, 1.165) is 24.9 Å². The third-order valence-corrected chi connectivity index (χ3v) is 5.65. The van der Waals surface area contributed by atoms with Crippen molar-refractivity contribution in [3.63, 3.8) is 0 Å². The molecule has 0 amide bonds. The molecule has 1 aromatic rings. The summed E-state index contributed by atoms with van der Waals surface area (Å²) in [4.78, 5) is 2.68. The third-order valence-electron chi connectivity index (χ3n) is 3.86. The highest BCUT2D eigenvalue weighted by Gasteiger charge is 2.26. The van der Waals surface area contributed by atoms with Crippen molar-refractivity contribution in [2.45, 2.75) is 30.4 Å². The van der Waals surface area contributed by atoms with Gasteiger partial charge in [-0.15, -0.1) is 0 Å². The van der Waals surface area contributed by atoms with Gasteiger partial charge in [-0.2, -0.15) is 0 Å². The van der Waals surface area contributed by atoms with Crippen molar-refractivity contribution in [3.8, 4) is 0 Å². The molecule has 0 unspecified atom stereocenters. The second-order valence-electron chi connectivity index (χ2n) is 5.37. The van der Waals surface area contributed by atoms with Crippen LogP contribution in [0, 0.1) is 0 Å². The minimum Gasteiger partial charge on any atom is -0.497 e. The molecule has 0 saturated heterocycles. The van der Waals surface area contributed by atoms with Crippen LogP contribution in [0.25, 0.3) is 0 Å². The molecule has 0 fully saturated rings. The van der Waals surface area contributed by atoms with E-state index in [4.69, 9.17) is 4.74 Å². The second kappa shape index (κ2) is 5.58. The van der Waals surface area contributed by atoms with Crippen LogP contribution in [-0.4, -0.2) is 38.3 Å². The molecular formula is C15H19NO3S. The maximum absolute atomic E-state index is 12.3. The molecular weight excluding hydrogens is 274 g/mol. The van der Waals surface area contributed by atoms with Crippen molar-refractivity contribution in [1.82, 2.24) is 4.90 Å². The number of nitrogens with zero attached hydrogens (tertiary/aromatic N) is 1. The Morgan fingerprint density at radius 3 is 2.95 bits per heavy atom. The minimum absolute atomic E-state index is 0.174. The van der Waals surface area contributed by atoms with E-state index in [0.29, 0.717) is 18.0 Å². The normalized spacial score (nSPS) is 25.5. The molecule has 5 heteroatoms. The summed E-state index contributed by atoms with van der Waals surface area (Å²) >= 11 is 0. The van der Waals surface area contributed by atoms with Gasteiger partial charge in [-0.1, -0.05) is 18.2 Å². The zero-order valence-electron chi connectivity index (χ0n) is 11.4. The van der Waals surface area contributed by atoms with Gasteiger partial charge in [-0.3, -0.25) is 4.90 Å². The molecule has 0 radical (unpaired) electrons. The molecule has 2 heterocycles. The Balaban J connectivity index is 1.79. The molecule has 3 rings (SSSR count). The van der Waals surface area contributed by atoms with Gasteiger partial charge >= 0.3 is 0 Å². The van der Waals surface area contributed by atoms with Crippen LogP contribution in [0.4, 0.5) is 0 Å². The van der Waals surface area contributed by atoms with Crippen LogP contribution >= 0.6 is 0 Å². The summed E-state index contributed by atoms with van der Waals surface area (Å²) < 4.78 is 30.1. The van der Waals surface area contributed by atoms with Crippen LogP contribution in [0.15, 0.2) is 41.5 Å². The van der Waals surface area contributed by atoms with E-state index >= 15 is 0 Å². The third kappa shape index (κ3) is 2.88. The van der Waals surface area contributed by atoms with Gasteiger partial charge in [0.2, 0.25) is 0 Å². The summed E-state index contributed by atoms with van der Waals surface area (Å²) in [6, 6.07) is 7.32. The van der Waals surface area contributed by atoms with Gasteiger partial charge in [0.1, 0.15) is 6.10 Å². The largest absolute Gasteiger partial charge is 0.497 e. The first-order valence-electron chi connectivity index (χ1n) is 6.99. The lowest BCUT2D eigenvalue weighted by molar-refractivity contribution is 0.0785. The maximum Gasteiger partial charge on any atom is 0.179 e.